The minimum Gasteiger partial charge on any atom is -0.395 e. The number of hydrogen-bond donors (Lipinski definition) is 1. The molecule has 2 aromatic rings. The van der Waals surface area contributed by atoms with Gasteiger partial charge >= 0.3 is 6.29 Å². The first-order valence-corrected chi connectivity index (χ1v) is 8.39. The number of alkyl halides is 2. The molecule has 1 aliphatic heterocycles. The fourth-order valence-corrected chi connectivity index (χ4v) is 2.80. The largest absolute Gasteiger partial charge is 0.586 e. The highest BCUT2D eigenvalue weighted by molar-refractivity contribution is 7.99. The average molecular weight is 371 g/mol. The van der Waals surface area contributed by atoms with Crippen molar-refractivity contribution in [3.63, 3.8) is 0 Å². The van der Waals surface area contributed by atoms with Crippen LogP contribution in [-0.4, -0.2) is 38.2 Å². The van der Waals surface area contributed by atoms with Crippen LogP contribution in [0.3, 0.4) is 0 Å². The highest BCUT2D eigenvalue weighted by atomic mass is 32.2. The minimum atomic E-state index is -3.69. The number of thioether (sulfide) groups is 1. The Morgan fingerprint density at radius 2 is 2.12 bits per heavy atom. The van der Waals surface area contributed by atoms with Gasteiger partial charge in [0.25, 0.3) is 0 Å². The van der Waals surface area contributed by atoms with Crippen LogP contribution in [0.1, 0.15) is 13.8 Å². The molecule has 1 aromatic heterocycles. The summed E-state index contributed by atoms with van der Waals surface area (Å²) in [6.45, 7) is 4.71. The number of aromatic nitrogens is 4. The Balaban J connectivity index is 1.56. The predicted molar refractivity (Wildman–Crippen MR) is 84.7 cm³/mol. The maximum atomic E-state index is 13.0. The Morgan fingerprint density at radius 1 is 1.36 bits per heavy atom. The fraction of sp³-hybridized carbons (Fsp3) is 0.429. The van der Waals surface area contributed by atoms with Crippen molar-refractivity contribution < 1.29 is 23.0 Å². The van der Waals surface area contributed by atoms with E-state index in [1.807, 2.05) is 13.8 Å². The molecule has 0 fully saturated rings. The first-order valence-electron chi connectivity index (χ1n) is 7.41. The third-order valence-corrected chi connectivity index (χ3v) is 4.01. The van der Waals surface area contributed by atoms with Crippen molar-refractivity contribution in [3.05, 3.63) is 18.2 Å². The van der Waals surface area contributed by atoms with E-state index in [9.17, 15) is 13.6 Å². The molecule has 0 atom stereocenters. The second kappa shape index (κ2) is 6.82. The molecule has 0 saturated carbocycles. The molecule has 3 rings (SSSR count). The van der Waals surface area contributed by atoms with Gasteiger partial charge in [-0.15, -0.1) is 13.9 Å². The van der Waals surface area contributed by atoms with Crippen LogP contribution >= 0.6 is 11.8 Å². The van der Waals surface area contributed by atoms with Crippen molar-refractivity contribution in [1.29, 1.82) is 0 Å². The maximum Gasteiger partial charge on any atom is 0.586 e. The highest BCUT2D eigenvalue weighted by Crippen LogP contribution is 2.42. The summed E-state index contributed by atoms with van der Waals surface area (Å²) in [5.74, 6) is -0.0944. The molecule has 1 aliphatic rings. The quantitative estimate of drug-likeness (QED) is 0.780. The molecule has 0 bridgehead atoms. The lowest BCUT2D eigenvalue weighted by molar-refractivity contribution is -0.286. The molecule has 1 aromatic carbocycles. The van der Waals surface area contributed by atoms with E-state index in [0.717, 1.165) is 0 Å². The number of fused-ring (bicyclic) bond motifs is 1. The molecule has 0 unspecified atom stereocenters. The van der Waals surface area contributed by atoms with Crippen molar-refractivity contribution >= 4 is 23.4 Å². The van der Waals surface area contributed by atoms with Gasteiger partial charge < -0.3 is 14.8 Å². The summed E-state index contributed by atoms with van der Waals surface area (Å²) in [4.78, 5) is 12.0. The Hall–Kier alpha value is -2.43. The van der Waals surface area contributed by atoms with E-state index < -0.39 is 6.29 Å². The van der Waals surface area contributed by atoms with Crippen LogP contribution in [0.25, 0.3) is 0 Å². The zero-order valence-corrected chi connectivity index (χ0v) is 14.2. The van der Waals surface area contributed by atoms with E-state index in [2.05, 4.69) is 30.3 Å². The number of hydrogen-bond acceptors (Lipinski definition) is 7. The number of amides is 1. The van der Waals surface area contributed by atoms with Crippen LogP contribution in [0.5, 0.6) is 11.5 Å². The smallest absolute Gasteiger partial charge is 0.395 e. The number of halogens is 2. The Kier molecular flexibility index (Phi) is 4.75. The summed E-state index contributed by atoms with van der Waals surface area (Å²) >= 11 is 1.19. The molecule has 1 amide bonds. The average Bonchev–Trinajstić information content (AvgIpc) is 3.06. The first kappa shape index (κ1) is 17.4. The third-order valence-electron chi connectivity index (χ3n) is 3.05. The molecular weight excluding hydrogens is 356 g/mol. The van der Waals surface area contributed by atoms with E-state index in [0.29, 0.717) is 23.3 Å². The van der Waals surface area contributed by atoms with Gasteiger partial charge in [-0.3, -0.25) is 4.79 Å². The van der Waals surface area contributed by atoms with Crippen LogP contribution in [0, 0.1) is 5.92 Å². The van der Waals surface area contributed by atoms with E-state index >= 15 is 0 Å². The topological polar surface area (TPSA) is 91.2 Å². The molecule has 1 N–H and O–H groups in total. The van der Waals surface area contributed by atoms with Gasteiger partial charge in [0.2, 0.25) is 11.1 Å². The molecule has 0 radical (unpaired) electrons. The van der Waals surface area contributed by atoms with Gasteiger partial charge in [-0.1, -0.05) is 25.6 Å². The molecule has 0 spiro atoms. The minimum absolute atomic E-state index is 0.0725. The fourth-order valence-electron chi connectivity index (χ4n) is 2.11. The van der Waals surface area contributed by atoms with Crippen LogP contribution in [0.15, 0.2) is 23.4 Å². The number of anilines is 1. The lowest BCUT2D eigenvalue weighted by atomic mass is 10.2. The molecule has 0 aliphatic carbocycles. The summed E-state index contributed by atoms with van der Waals surface area (Å²) in [6.07, 6.45) is -3.69. The number of tetrazole rings is 1. The summed E-state index contributed by atoms with van der Waals surface area (Å²) in [5.41, 5.74) is 0.326. The summed E-state index contributed by atoms with van der Waals surface area (Å²) < 4.78 is 36.2. The molecule has 25 heavy (non-hydrogen) atoms. The Labute approximate surface area is 145 Å². The molecule has 2 heterocycles. The van der Waals surface area contributed by atoms with Crippen molar-refractivity contribution in [2.24, 2.45) is 5.92 Å². The van der Waals surface area contributed by atoms with Crippen LogP contribution in [0.4, 0.5) is 14.5 Å². The van der Waals surface area contributed by atoms with E-state index in [1.54, 1.807) is 4.68 Å². The van der Waals surface area contributed by atoms with Gasteiger partial charge in [0.05, 0.1) is 5.75 Å². The SMILES string of the molecule is CC(C)Cn1nnnc1SCC(=O)Nc1ccc2c(c1)OC(F)(F)O2. The summed E-state index contributed by atoms with van der Waals surface area (Å²) in [6, 6.07) is 4.04. The van der Waals surface area contributed by atoms with E-state index in [1.165, 1.54) is 30.0 Å². The summed E-state index contributed by atoms with van der Waals surface area (Å²) in [5, 5.41) is 14.5. The van der Waals surface area contributed by atoms with Gasteiger partial charge in [0, 0.05) is 18.3 Å². The zero-order valence-electron chi connectivity index (χ0n) is 13.4. The number of ether oxygens (including phenoxy) is 2. The molecule has 11 heteroatoms. The molecule has 8 nitrogen and oxygen atoms in total. The third kappa shape index (κ3) is 4.35. The summed E-state index contributed by atoms with van der Waals surface area (Å²) in [7, 11) is 0. The zero-order chi connectivity index (χ0) is 18.0. The van der Waals surface area contributed by atoms with E-state index in [4.69, 9.17) is 0 Å². The highest BCUT2D eigenvalue weighted by Gasteiger charge is 2.43. The molecule has 134 valence electrons. The van der Waals surface area contributed by atoms with Gasteiger partial charge in [0.1, 0.15) is 0 Å². The predicted octanol–water partition coefficient (Wildman–Crippen LogP) is 2.38. The number of benzene rings is 1. The van der Waals surface area contributed by atoms with Crippen molar-refractivity contribution in [3.8, 4) is 11.5 Å². The van der Waals surface area contributed by atoms with Crippen LogP contribution in [0.2, 0.25) is 0 Å². The number of nitrogens with zero attached hydrogens (tertiary/aromatic N) is 4. The lowest BCUT2D eigenvalue weighted by Gasteiger charge is -2.07. The lowest BCUT2D eigenvalue weighted by Crippen LogP contribution is -2.25. The van der Waals surface area contributed by atoms with Gasteiger partial charge in [-0.05, 0) is 28.5 Å². The standard InChI is InChI=1S/C14H15F2N5O3S/c1-8(2)6-21-13(18-19-20-21)25-7-12(22)17-9-3-4-10-11(5-9)24-14(15,16)23-10/h3-5,8H,6-7H2,1-2H3,(H,17,22). The number of rotatable bonds is 6. The second-order valence-corrected chi connectivity index (χ2v) is 6.65. The monoisotopic (exact) mass is 371 g/mol. The molecule has 0 saturated heterocycles. The molecular formula is C14H15F2N5O3S. The van der Waals surface area contributed by atoms with Gasteiger partial charge in [0.15, 0.2) is 11.5 Å². The van der Waals surface area contributed by atoms with E-state index in [-0.39, 0.29) is 23.2 Å². The van der Waals surface area contributed by atoms with Crippen molar-refractivity contribution in [2.75, 3.05) is 11.1 Å². The van der Waals surface area contributed by atoms with Crippen molar-refractivity contribution in [2.45, 2.75) is 31.8 Å². The van der Waals surface area contributed by atoms with Gasteiger partial charge in [-0.2, -0.15) is 0 Å². The maximum absolute atomic E-state index is 13.0. The Morgan fingerprint density at radius 3 is 2.88 bits per heavy atom. The number of nitrogens with one attached hydrogen (secondary N) is 1. The number of carbonyl (C=O) groups is 1. The first-order chi connectivity index (χ1) is 11.8. The van der Waals surface area contributed by atoms with Crippen LogP contribution < -0.4 is 14.8 Å². The Bertz CT molecular complexity index is 784. The normalized spacial score (nSPS) is 14.8. The second-order valence-electron chi connectivity index (χ2n) is 5.70. The number of carbonyl (C=O) groups excluding carboxylic acids is 1. The van der Waals surface area contributed by atoms with Crippen molar-refractivity contribution in [1.82, 2.24) is 20.2 Å². The van der Waals surface area contributed by atoms with Gasteiger partial charge in [-0.25, -0.2) is 4.68 Å². The van der Waals surface area contributed by atoms with Crippen LogP contribution in [-0.2, 0) is 11.3 Å².